The first-order valence-corrected chi connectivity index (χ1v) is 7.09. The maximum atomic E-state index is 12.0. The Morgan fingerprint density at radius 2 is 1.68 bits per heavy atom. The van der Waals surface area contributed by atoms with Crippen LogP contribution in [0.3, 0.4) is 0 Å². The molecule has 0 aliphatic carbocycles. The van der Waals surface area contributed by atoms with Crippen LogP contribution in [0.1, 0.15) is 30.9 Å². The summed E-state index contributed by atoms with van der Waals surface area (Å²) in [6, 6.07) is 13.7. The molecule has 0 fully saturated rings. The van der Waals surface area contributed by atoms with Gasteiger partial charge in [-0.25, -0.2) is 0 Å². The normalized spacial score (nSPS) is 10.5. The average Bonchev–Trinajstić information content (AvgIpc) is 2.48. The Labute approximate surface area is 129 Å². The van der Waals surface area contributed by atoms with Crippen LogP contribution in [0, 0.1) is 10.1 Å². The molecule has 114 valence electrons. The van der Waals surface area contributed by atoms with Gasteiger partial charge in [0.2, 0.25) is 5.91 Å². The number of carbonyl (C=O) groups is 1. The predicted octanol–water partition coefficient (Wildman–Crippen LogP) is 3.90. The summed E-state index contributed by atoms with van der Waals surface area (Å²) in [5, 5.41) is 13.4. The lowest BCUT2D eigenvalue weighted by atomic mass is 10.0. The van der Waals surface area contributed by atoms with Crippen molar-refractivity contribution in [3.63, 3.8) is 0 Å². The van der Waals surface area contributed by atoms with E-state index in [1.54, 1.807) is 12.1 Å². The van der Waals surface area contributed by atoms with E-state index in [4.69, 9.17) is 0 Å². The molecule has 0 saturated heterocycles. The Hall–Kier alpha value is -2.69. The number of hydrogen-bond donors (Lipinski definition) is 1. The molecule has 0 spiro atoms. The van der Waals surface area contributed by atoms with Crippen LogP contribution in [0.15, 0.2) is 48.5 Å². The van der Waals surface area contributed by atoms with Crippen molar-refractivity contribution in [1.82, 2.24) is 0 Å². The van der Waals surface area contributed by atoms with E-state index in [2.05, 4.69) is 19.2 Å². The number of nitrogens with zero attached hydrogens (tertiary/aromatic N) is 1. The summed E-state index contributed by atoms with van der Waals surface area (Å²) in [5.41, 5.74) is 2.72. The van der Waals surface area contributed by atoms with Gasteiger partial charge in [-0.3, -0.25) is 14.9 Å². The topological polar surface area (TPSA) is 72.2 Å². The van der Waals surface area contributed by atoms with Crippen molar-refractivity contribution >= 4 is 17.3 Å². The van der Waals surface area contributed by atoms with Crippen molar-refractivity contribution in [2.24, 2.45) is 0 Å². The maximum Gasteiger partial charge on any atom is 0.269 e. The van der Waals surface area contributed by atoms with E-state index in [0.717, 1.165) is 11.3 Å². The van der Waals surface area contributed by atoms with Crippen LogP contribution < -0.4 is 5.32 Å². The lowest BCUT2D eigenvalue weighted by molar-refractivity contribution is -0.384. The second-order valence-electron chi connectivity index (χ2n) is 5.43. The van der Waals surface area contributed by atoms with E-state index in [0.29, 0.717) is 5.92 Å². The van der Waals surface area contributed by atoms with Gasteiger partial charge in [0, 0.05) is 17.8 Å². The summed E-state index contributed by atoms with van der Waals surface area (Å²) >= 11 is 0. The third-order valence-electron chi connectivity index (χ3n) is 3.37. The quantitative estimate of drug-likeness (QED) is 0.672. The molecule has 0 bridgehead atoms. The van der Waals surface area contributed by atoms with Crippen molar-refractivity contribution in [2.75, 3.05) is 5.32 Å². The van der Waals surface area contributed by atoms with Gasteiger partial charge < -0.3 is 5.32 Å². The third kappa shape index (κ3) is 4.15. The van der Waals surface area contributed by atoms with Crippen LogP contribution in [0.4, 0.5) is 11.4 Å². The van der Waals surface area contributed by atoms with Gasteiger partial charge in [0.25, 0.3) is 5.69 Å². The van der Waals surface area contributed by atoms with Crippen LogP contribution in [-0.4, -0.2) is 10.8 Å². The molecule has 0 heterocycles. The SMILES string of the molecule is CC(C)c1ccc(NC(=O)Cc2ccc([N+](=O)[O-])cc2)cc1. The zero-order valence-electron chi connectivity index (χ0n) is 12.6. The van der Waals surface area contributed by atoms with Gasteiger partial charge in [0.15, 0.2) is 0 Å². The Kier molecular flexibility index (Phi) is 4.88. The lowest BCUT2D eigenvalue weighted by Gasteiger charge is -2.08. The smallest absolute Gasteiger partial charge is 0.269 e. The van der Waals surface area contributed by atoms with Gasteiger partial charge in [-0.15, -0.1) is 0 Å². The minimum Gasteiger partial charge on any atom is -0.326 e. The second-order valence-corrected chi connectivity index (χ2v) is 5.43. The van der Waals surface area contributed by atoms with Crippen molar-refractivity contribution in [1.29, 1.82) is 0 Å². The van der Waals surface area contributed by atoms with Gasteiger partial charge >= 0.3 is 0 Å². The monoisotopic (exact) mass is 298 g/mol. The summed E-state index contributed by atoms with van der Waals surface area (Å²) in [6.07, 6.45) is 0.184. The molecule has 1 N–H and O–H groups in total. The molecule has 0 aliphatic heterocycles. The largest absolute Gasteiger partial charge is 0.326 e. The van der Waals surface area contributed by atoms with Crippen LogP contribution in [-0.2, 0) is 11.2 Å². The van der Waals surface area contributed by atoms with Gasteiger partial charge in [-0.05, 0) is 29.2 Å². The highest BCUT2D eigenvalue weighted by Crippen LogP contribution is 2.17. The molecular weight excluding hydrogens is 280 g/mol. The fourth-order valence-corrected chi connectivity index (χ4v) is 2.08. The number of carbonyl (C=O) groups excluding carboxylic acids is 1. The van der Waals surface area contributed by atoms with E-state index in [9.17, 15) is 14.9 Å². The molecule has 2 aromatic rings. The molecular formula is C17H18N2O3. The van der Waals surface area contributed by atoms with E-state index < -0.39 is 4.92 Å². The summed E-state index contributed by atoms with van der Waals surface area (Å²) in [7, 11) is 0. The van der Waals surface area contributed by atoms with E-state index in [1.807, 2.05) is 24.3 Å². The molecule has 0 aromatic heterocycles. The van der Waals surface area contributed by atoms with Crippen molar-refractivity contribution in [3.05, 3.63) is 69.8 Å². The van der Waals surface area contributed by atoms with Crippen molar-refractivity contribution < 1.29 is 9.72 Å². The molecule has 0 radical (unpaired) electrons. The molecule has 0 unspecified atom stereocenters. The highest BCUT2D eigenvalue weighted by molar-refractivity contribution is 5.92. The van der Waals surface area contributed by atoms with Gasteiger partial charge in [-0.2, -0.15) is 0 Å². The van der Waals surface area contributed by atoms with Gasteiger partial charge in [0.05, 0.1) is 11.3 Å². The van der Waals surface area contributed by atoms with E-state index in [1.165, 1.54) is 17.7 Å². The second kappa shape index (κ2) is 6.85. The first kappa shape index (κ1) is 15.7. The predicted molar refractivity (Wildman–Crippen MR) is 86.0 cm³/mol. The zero-order chi connectivity index (χ0) is 16.1. The zero-order valence-corrected chi connectivity index (χ0v) is 12.6. The lowest BCUT2D eigenvalue weighted by Crippen LogP contribution is -2.14. The molecule has 2 aromatic carbocycles. The highest BCUT2D eigenvalue weighted by Gasteiger charge is 2.08. The average molecular weight is 298 g/mol. The number of benzene rings is 2. The Balaban J connectivity index is 1.96. The standard InChI is InChI=1S/C17H18N2O3/c1-12(2)14-5-7-15(8-6-14)18-17(20)11-13-3-9-16(10-4-13)19(21)22/h3-10,12H,11H2,1-2H3,(H,18,20). The van der Waals surface area contributed by atoms with Gasteiger partial charge in [-0.1, -0.05) is 38.1 Å². The summed E-state index contributed by atoms with van der Waals surface area (Å²) in [4.78, 5) is 22.1. The fraction of sp³-hybridized carbons (Fsp3) is 0.235. The fourth-order valence-electron chi connectivity index (χ4n) is 2.08. The Morgan fingerprint density at radius 3 is 2.18 bits per heavy atom. The van der Waals surface area contributed by atoms with E-state index >= 15 is 0 Å². The number of nitrogens with one attached hydrogen (secondary N) is 1. The minimum atomic E-state index is -0.458. The van der Waals surface area contributed by atoms with Gasteiger partial charge in [0.1, 0.15) is 0 Å². The number of anilines is 1. The molecule has 5 nitrogen and oxygen atoms in total. The molecule has 0 aliphatic rings. The molecule has 0 saturated carbocycles. The van der Waals surface area contributed by atoms with Crippen molar-refractivity contribution in [3.8, 4) is 0 Å². The Morgan fingerprint density at radius 1 is 1.09 bits per heavy atom. The Bertz CT molecular complexity index is 661. The van der Waals surface area contributed by atoms with Crippen molar-refractivity contribution in [2.45, 2.75) is 26.2 Å². The minimum absolute atomic E-state index is 0.0217. The number of hydrogen-bond acceptors (Lipinski definition) is 3. The third-order valence-corrected chi connectivity index (χ3v) is 3.37. The number of nitro benzene ring substituents is 1. The van der Waals surface area contributed by atoms with Crippen LogP contribution in [0.25, 0.3) is 0 Å². The number of rotatable bonds is 5. The first-order valence-electron chi connectivity index (χ1n) is 7.09. The molecule has 2 rings (SSSR count). The number of nitro groups is 1. The summed E-state index contributed by atoms with van der Waals surface area (Å²) in [5.74, 6) is 0.302. The summed E-state index contributed by atoms with van der Waals surface area (Å²) in [6.45, 7) is 4.23. The highest BCUT2D eigenvalue weighted by atomic mass is 16.6. The molecule has 1 amide bonds. The number of non-ortho nitro benzene ring substituents is 1. The maximum absolute atomic E-state index is 12.0. The van der Waals surface area contributed by atoms with Crippen LogP contribution in [0.2, 0.25) is 0 Å². The van der Waals surface area contributed by atoms with Crippen LogP contribution >= 0.6 is 0 Å². The summed E-state index contributed by atoms with van der Waals surface area (Å²) < 4.78 is 0. The molecule has 0 atom stereocenters. The number of amides is 1. The molecule has 22 heavy (non-hydrogen) atoms. The van der Waals surface area contributed by atoms with E-state index in [-0.39, 0.29) is 18.0 Å². The van der Waals surface area contributed by atoms with Crippen LogP contribution in [0.5, 0.6) is 0 Å². The molecule has 5 heteroatoms. The first-order chi connectivity index (χ1) is 10.5.